The summed E-state index contributed by atoms with van der Waals surface area (Å²) in [5, 5.41) is 5.99. The number of amides is 1. The molecular formula is C13H20N2O. The Bertz CT molecular complexity index is 386. The lowest BCUT2D eigenvalue weighted by Gasteiger charge is -2.13. The minimum absolute atomic E-state index is 0.00185. The molecule has 0 fully saturated rings. The van der Waals surface area contributed by atoms with E-state index in [-0.39, 0.29) is 5.91 Å². The van der Waals surface area contributed by atoms with Crippen molar-refractivity contribution in [2.24, 2.45) is 0 Å². The first-order valence-corrected chi connectivity index (χ1v) is 5.67. The van der Waals surface area contributed by atoms with Crippen LogP contribution in [0.5, 0.6) is 0 Å². The highest BCUT2D eigenvalue weighted by Crippen LogP contribution is 2.22. The van der Waals surface area contributed by atoms with Crippen molar-refractivity contribution in [2.75, 3.05) is 18.9 Å². The molecule has 0 aliphatic heterocycles. The van der Waals surface area contributed by atoms with Gasteiger partial charge in [-0.25, -0.2) is 0 Å². The molecule has 1 rings (SSSR count). The number of carbonyl (C=O) groups is 1. The van der Waals surface area contributed by atoms with Crippen LogP contribution in [0.3, 0.4) is 0 Å². The molecule has 0 unspecified atom stereocenters. The highest BCUT2D eigenvalue weighted by Gasteiger charge is 2.12. The topological polar surface area (TPSA) is 41.1 Å². The van der Waals surface area contributed by atoms with Gasteiger partial charge in [-0.2, -0.15) is 0 Å². The van der Waals surface area contributed by atoms with E-state index in [0.717, 1.165) is 35.3 Å². The molecule has 0 aliphatic carbocycles. The standard InChI is InChI=1S/C13H20N2O/c1-5-6-15-13(16)11-8-9(2)7-10(3)12(11)14-4/h7-8,14H,5-6H2,1-4H3,(H,15,16). The van der Waals surface area contributed by atoms with Crippen molar-refractivity contribution in [3.05, 3.63) is 28.8 Å². The van der Waals surface area contributed by atoms with E-state index in [2.05, 4.69) is 16.7 Å². The maximum absolute atomic E-state index is 11.9. The summed E-state index contributed by atoms with van der Waals surface area (Å²) in [5.41, 5.74) is 3.86. The summed E-state index contributed by atoms with van der Waals surface area (Å²) in [5.74, 6) is -0.00185. The molecule has 0 aromatic heterocycles. The average molecular weight is 220 g/mol. The molecule has 0 atom stereocenters. The molecule has 0 spiro atoms. The molecule has 1 aromatic rings. The molecule has 16 heavy (non-hydrogen) atoms. The lowest BCUT2D eigenvalue weighted by atomic mass is 10.0. The second-order valence-electron chi connectivity index (χ2n) is 4.01. The van der Waals surface area contributed by atoms with Crippen LogP contribution in [0.1, 0.15) is 34.8 Å². The fraction of sp³-hybridized carbons (Fsp3) is 0.462. The van der Waals surface area contributed by atoms with Crippen molar-refractivity contribution >= 4 is 11.6 Å². The first-order chi connectivity index (χ1) is 7.60. The van der Waals surface area contributed by atoms with E-state index >= 15 is 0 Å². The zero-order valence-corrected chi connectivity index (χ0v) is 10.5. The number of carbonyl (C=O) groups excluding carboxylic acids is 1. The fourth-order valence-electron chi connectivity index (χ4n) is 1.81. The van der Waals surface area contributed by atoms with Gasteiger partial charge in [-0.3, -0.25) is 4.79 Å². The zero-order valence-electron chi connectivity index (χ0n) is 10.5. The lowest BCUT2D eigenvalue weighted by Crippen LogP contribution is -2.25. The van der Waals surface area contributed by atoms with Gasteiger partial charge in [0.05, 0.1) is 5.56 Å². The van der Waals surface area contributed by atoms with Crippen molar-refractivity contribution in [1.29, 1.82) is 0 Å². The van der Waals surface area contributed by atoms with Crippen molar-refractivity contribution in [2.45, 2.75) is 27.2 Å². The highest BCUT2D eigenvalue weighted by atomic mass is 16.1. The average Bonchev–Trinajstić information content (AvgIpc) is 2.24. The zero-order chi connectivity index (χ0) is 12.1. The first-order valence-electron chi connectivity index (χ1n) is 5.67. The third-order valence-corrected chi connectivity index (χ3v) is 2.51. The summed E-state index contributed by atoms with van der Waals surface area (Å²) < 4.78 is 0. The SMILES string of the molecule is CCCNC(=O)c1cc(C)cc(C)c1NC. The maximum Gasteiger partial charge on any atom is 0.253 e. The molecule has 2 N–H and O–H groups in total. The van der Waals surface area contributed by atoms with E-state index in [9.17, 15) is 4.79 Å². The van der Waals surface area contributed by atoms with Crippen molar-refractivity contribution in [3.8, 4) is 0 Å². The molecule has 88 valence electrons. The number of hydrogen-bond donors (Lipinski definition) is 2. The van der Waals surface area contributed by atoms with Gasteiger partial charge in [0.1, 0.15) is 0 Å². The fourth-order valence-corrected chi connectivity index (χ4v) is 1.81. The van der Waals surface area contributed by atoms with Gasteiger partial charge >= 0.3 is 0 Å². The van der Waals surface area contributed by atoms with Crippen LogP contribution in [0.4, 0.5) is 5.69 Å². The monoisotopic (exact) mass is 220 g/mol. The summed E-state index contributed by atoms with van der Waals surface area (Å²) in [4.78, 5) is 11.9. The Balaban J connectivity index is 3.05. The van der Waals surface area contributed by atoms with E-state index in [4.69, 9.17) is 0 Å². The highest BCUT2D eigenvalue weighted by molar-refractivity contribution is 6.00. The molecule has 0 saturated carbocycles. The third-order valence-electron chi connectivity index (χ3n) is 2.51. The Kier molecular flexibility index (Phi) is 4.35. The molecule has 0 bridgehead atoms. The van der Waals surface area contributed by atoms with Gasteiger partial charge in [0, 0.05) is 19.3 Å². The Morgan fingerprint density at radius 1 is 1.31 bits per heavy atom. The predicted molar refractivity (Wildman–Crippen MR) is 68.1 cm³/mol. The molecule has 0 radical (unpaired) electrons. The van der Waals surface area contributed by atoms with Crippen LogP contribution in [-0.4, -0.2) is 19.5 Å². The van der Waals surface area contributed by atoms with Crippen LogP contribution in [0, 0.1) is 13.8 Å². The minimum Gasteiger partial charge on any atom is -0.387 e. The Labute approximate surface area is 97.2 Å². The Morgan fingerprint density at radius 2 is 2.00 bits per heavy atom. The molecule has 1 amide bonds. The van der Waals surface area contributed by atoms with Crippen molar-refractivity contribution in [3.63, 3.8) is 0 Å². The molecule has 1 aromatic carbocycles. The van der Waals surface area contributed by atoms with Crippen LogP contribution in [0.15, 0.2) is 12.1 Å². The van der Waals surface area contributed by atoms with Crippen molar-refractivity contribution in [1.82, 2.24) is 5.32 Å². The molecule has 3 nitrogen and oxygen atoms in total. The molecular weight excluding hydrogens is 200 g/mol. The van der Waals surface area contributed by atoms with Crippen molar-refractivity contribution < 1.29 is 4.79 Å². The number of aryl methyl sites for hydroxylation is 2. The third kappa shape index (κ3) is 2.75. The second-order valence-corrected chi connectivity index (χ2v) is 4.01. The van der Waals surface area contributed by atoms with E-state index in [1.807, 2.05) is 33.9 Å². The predicted octanol–water partition coefficient (Wildman–Crippen LogP) is 2.48. The smallest absolute Gasteiger partial charge is 0.253 e. The van der Waals surface area contributed by atoms with Gasteiger partial charge in [-0.15, -0.1) is 0 Å². The Morgan fingerprint density at radius 3 is 2.56 bits per heavy atom. The Hall–Kier alpha value is -1.51. The molecule has 3 heteroatoms. The van der Waals surface area contributed by atoms with Crippen LogP contribution in [0.2, 0.25) is 0 Å². The molecule has 0 heterocycles. The number of nitrogens with one attached hydrogen (secondary N) is 2. The second kappa shape index (κ2) is 5.54. The minimum atomic E-state index is -0.00185. The number of anilines is 1. The summed E-state index contributed by atoms with van der Waals surface area (Å²) in [6.45, 7) is 6.77. The van der Waals surface area contributed by atoms with Gasteiger partial charge in [-0.05, 0) is 37.5 Å². The van der Waals surface area contributed by atoms with Crippen LogP contribution >= 0.6 is 0 Å². The quantitative estimate of drug-likeness (QED) is 0.818. The van der Waals surface area contributed by atoms with Gasteiger partial charge in [0.25, 0.3) is 5.91 Å². The van der Waals surface area contributed by atoms with E-state index < -0.39 is 0 Å². The number of rotatable bonds is 4. The normalized spacial score (nSPS) is 10.0. The summed E-state index contributed by atoms with van der Waals surface area (Å²) >= 11 is 0. The maximum atomic E-state index is 11.9. The van der Waals surface area contributed by atoms with Gasteiger partial charge in [0.2, 0.25) is 0 Å². The number of benzene rings is 1. The largest absolute Gasteiger partial charge is 0.387 e. The molecule has 0 aliphatic rings. The number of hydrogen-bond acceptors (Lipinski definition) is 2. The van der Waals surface area contributed by atoms with Gasteiger partial charge < -0.3 is 10.6 Å². The van der Waals surface area contributed by atoms with Crippen LogP contribution in [0.25, 0.3) is 0 Å². The molecule has 0 saturated heterocycles. The van der Waals surface area contributed by atoms with Gasteiger partial charge in [0.15, 0.2) is 0 Å². The summed E-state index contributed by atoms with van der Waals surface area (Å²) in [6.07, 6.45) is 0.950. The lowest BCUT2D eigenvalue weighted by molar-refractivity contribution is 0.0954. The van der Waals surface area contributed by atoms with Crippen LogP contribution < -0.4 is 10.6 Å². The van der Waals surface area contributed by atoms with E-state index in [1.54, 1.807) is 0 Å². The first kappa shape index (κ1) is 12.6. The summed E-state index contributed by atoms with van der Waals surface area (Å²) in [7, 11) is 1.84. The van der Waals surface area contributed by atoms with E-state index in [1.165, 1.54) is 0 Å². The summed E-state index contributed by atoms with van der Waals surface area (Å²) in [6, 6.07) is 3.99. The van der Waals surface area contributed by atoms with Crippen LogP contribution in [-0.2, 0) is 0 Å². The van der Waals surface area contributed by atoms with E-state index in [0.29, 0.717) is 0 Å². The van der Waals surface area contributed by atoms with Gasteiger partial charge in [-0.1, -0.05) is 13.0 Å².